The Hall–Kier alpha value is -2.17. The number of urea groups is 1. The van der Waals surface area contributed by atoms with Crippen molar-refractivity contribution in [1.82, 2.24) is 20.0 Å². The highest BCUT2D eigenvalue weighted by molar-refractivity contribution is 5.88. The molecule has 0 aromatic carbocycles. The first kappa shape index (κ1) is 24.1. The summed E-state index contributed by atoms with van der Waals surface area (Å²) in [7, 11) is 1.58. The van der Waals surface area contributed by atoms with Crippen LogP contribution in [0.1, 0.15) is 39.5 Å². The normalized spacial score (nSPS) is 15.4. The van der Waals surface area contributed by atoms with Crippen LogP contribution in [0.4, 0.5) is 10.5 Å². The number of aliphatic hydroxyl groups excluding tert-OH is 1. The number of ether oxygens (including phenoxy) is 2. The first-order valence-electron chi connectivity index (χ1n) is 10.5. The number of likely N-dealkylation sites (N-methyl/N-ethyl adjacent to an activating group) is 1. The molecule has 1 saturated carbocycles. The average molecular weight is 426 g/mol. The molecule has 0 radical (unpaired) electrons. The van der Waals surface area contributed by atoms with Gasteiger partial charge in [0.05, 0.1) is 50.5 Å². The van der Waals surface area contributed by atoms with Crippen LogP contribution in [-0.2, 0) is 20.8 Å². The molecular formula is C20H35N5O5. The van der Waals surface area contributed by atoms with Crippen LogP contribution in [-0.4, -0.2) is 83.4 Å². The highest BCUT2D eigenvalue weighted by atomic mass is 16.5. The van der Waals surface area contributed by atoms with Crippen LogP contribution in [0.3, 0.4) is 0 Å². The molecule has 0 spiro atoms. The third kappa shape index (κ3) is 9.10. The molecular weight excluding hydrogens is 390 g/mol. The maximum Gasteiger partial charge on any atom is 0.321 e. The first-order valence-corrected chi connectivity index (χ1v) is 10.5. The van der Waals surface area contributed by atoms with Crippen LogP contribution in [0.25, 0.3) is 0 Å². The fourth-order valence-corrected chi connectivity index (χ4v) is 3.24. The quantitative estimate of drug-likeness (QED) is 0.433. The molecule has 30 heavy (non-hydrogen) atoms. The molecule has 10 nitrogen and oxygen atoms in total. The predicted octanol–water partition coefficient (Wildman–Crippen LogP) is 1.21. The molecule has 1 aliphatic carbocycles. The third-order valence-corrected chi connectivity index (χ3v) is 4.73. The molecule has 0 bridgehead atoms. The average Bonchev–Trinajstić information content (AvgIpc) is 3.33. The van der Waals surface area contributed by atoms with Crippen molar-refractivity contribution in [3.8, 4) is 0 Å². The minimum Gasteiger partial charge on any atom is -0.389 e. The van der Waals surface area contributed by atoms with E-state index in [9.17, 15) is 14.7 Å². The SMILES string of the molecule is CC(C)OCCOC[C@H](O)CN(C)C(=O)Nc1cnn(CC(=O)NC2CCCC2)c1. The largest absolute Gasteiger partial charge is 0.389 e. The number of hydrogen-bond donors (Lipinski definition) is 3. The molecule has 2 rings (SSSR count). The van der Waals surface area contributed by atoms with E-state index in [-0.39, 0.29) is 43.8 Å². The Labute approximate surface area is 177 Å². The number of nitrogens with zero attached hydrogens (tertiary/aromatic N) is 3. The topological polar surface area (TPSA) is 118 Å². The summed E-state index contributed by atoms with van der Waals surface area (Å²) >= 11 is 0. The predicted molar refractivity (Wildman–Crippen MR) is 112 cm³/mol. The lowest BCUT2D eigenvalue weighted by Crippen LogP contribution is -2.39. The lowest BCUT2D eigenvalue weighted by atomic mass is 10.2. The maximum atomic E-state index is 12.3. The molecule has 10 heteroatoms. The standard InChI is InChI=1S/C20H35N5O5/c1-15(2)30-9-8-29-14-18(26)12-24(3)20(28)23-17-10-21-25(11-17)13-19(27)22-16-6-4-5-7-16/h10-11,15-16,18,26H,4-9,12-14H2,1-3H3,(H,22,27)(H,23,28)/t18-/m1/s1. The molecule has 1 aromatic rings. The van der Waals surface area contributed by atoms with Crippen molar-refractivity contribution in [3.05, 3.63) is 12.4 Å². The van der Waals surface area contributed by atoms with E-state index in [2.05, 4.69) is 15.7 Å². The molecule has 1 atom stereocenters. The molecule has 170 valence electrons. The minimum absolute atomic E-state index is 0.0816. The second-order valence-corrected chi connectivity index (χ2v) is 7.93. The molecule has 1 fully saturated rings. The van der Waals surface area contributed by atoms with E-state index in [4.69, 9.17) is 9.47 Å². The van der Waals surface area contributed by atoms with E-state index < -0.39 is 6.10 Å². The van der Waals surface area contributed by atoms with Gasteiger partial charge in [-0.15, -0.1) is 0 Å². The number of anilines is 1. The Bertz CT molecular complexity index is 660. The summed E-state index contributed by atoms with van der Waals surface area (Å²) in [6.45, 7) is 5.08. The van der Waals surface area contributed by atoms with E-state index in [1.54, 1.807) is 13.2 Å². The lowest BCUT2D eigenvalue weighted by molar-refractivity contribution is -0.122. The number of hydrogen-bond acceptors (Lipinski definition) is 6. The summed E-state index contributed by atoms with van der Waals surface area (Å²) in [6, 6.07) is -0.119. The Kier molecular flexibility index (Phi) is 10.0. The third-order valence-electron chi connectivity index (χ3n) is 4.73. The zero-order valence-corrected chi connectivity index (χ0v) is 18.2. The van der Waals surface area contributed by atoms with Gasteiger partial charge in [0.25, 0.3) is 0 Å². The van der Waals surface area contributed by atoms with Crippen LogP contribution in [0.2, 0.25) is 0 Å². The highest BCUT2D eigenvalue weighted by Gasteiger charge is 2.18. The molecule has 0 unspecified atom stereocenters. The van der Waals surface area contributed by atoms with Gasteiger partial charge in [0.15, 0.2) is 0 Å². The van der Waals surface area contributed by atoms with Gasteiger partial charge in [-0.1, -0.05) is 12.8 Å². The first-order chi connectivity index (χ1) is 14.3. The van der Waals surface area contributed by atoms with E-state index in [0.29, 0.717) is 18.9 Å². The summed E-state index contributed by atoms with van der Waals surface area (Å²) in [6.07, 6.45) is 6.80. The van der Waals surface area contributed by atoms with Crippen molar-refractivity contribution < 1.29 is 24.2 Å². The number of nitrogens with one attached hydrogen (secondary N) is 2. The number of aliphatic hydroxyl groups is 1. The van der Waals surface area contributed by atoms with Crippen molar-refractivity contribution >= 4 is 17.6 Å². The van der Waals surface area contributed by atoms with Crippen LogP contribution in [0.15, 0.2) is 12.4 Å². The molecule has 3 N–H and O–H groups in total. The van der Waals surface area contributed by atoms with E-state index in [0.717, 1.165) is 25.7 Å². The van der Waals surface area contributed by atoms with Gasteiger partial charge in [0.2, 0.25) is 5.91 Å². The monoisotopic (exact) mass is 425 g/mol. The van der Waals surface area contributed by atoms with Gasteiger partial charge < -0.3 is 30.1 Å². The highest BCUT2D eigenvalue weighted by Crippen LogP contribution is 2.17. The molecule has 0 aliphatic heterocycles. The van der Waals surface area contributed by atoms with Gasteiger partial charge >= 0.3 is 6.03 Å². The number of aromatic nitrogens is 2. The van der Waals surface area contributed by atoms with Gasteiger partial charge in [-0.25, -0.2) is 4.79 Å². The van der Waals surface area contributed by atoms with Crippen molar-refractivity contribution in [2.45, 2.75) is 64.3 Å². The van der Waals surface area contributed by atoms with Gasteiger partial charge in [0, 0.05) is 19.3 Å². The fourth-order valence-electron chi connectivity index (χ4n) is 3.24. The molecule has 3 amide bonds. The zero-order chi connectivity index (χ0) is 21.9. The fraction of sp³-hybridized carbons (Fsp3) is 0.750. The summed E-state index contributed by atoms with van der Waals surface area (Å²) in [4.78, 5) is 25.7. The molecule has 1 heterocycles. The summed E-state index contributed by atoms with van der Waals surface area (Å²) < 4.78 is 12.2. The Morgan fingerprint density at radius 3 is 2.77 bits per heavy atom. The van der Waals surface area contributed by atoms with E-state index in [1.165, 1.54) is 15.8 Å². The summed E-state index contributed by atoms with van der Waals surface area (Å²) in [5.74, 6) is -0.0816. The van der Waals surface area contributed by atoms with Gasteiger partial charge in [-0.2, -0.15) is 5.10 Å². The van der Waals surface area contributed by atoms with Crippen LogP contribution in [0, 0.1) is 0 Å². The second-order valence-electron chi connectivity index (χ2n) is 7.93. The van der Waals surface area contributed by atoms with Crippen LogP contribution in [0.5, 0.6) is 0 Å². The number of amides is 3. The van der Waals surface area contributed by atoms with Crippen molar-refractivity contribution in [1.29, 1.82) is 0 Å². The van der Waals surface area contributed by atoms with Gasteiger partial charge in [0.1, 0.15) is 6.54 Å². The number of rotatable bonds is 12. The van der Waals surface area contributed by atoms with Crippen molar-refractivity contribution in [2.75, 3.05) is 38.7 Å². The van der Waals surface area contributed by atoms with Gasteiger partial charge in [-0.05, 0) is 26.7 Å². The second kappa shape index (κ2) is 12.5. The molecule has 1 aromatic heterocycles. The smallest absolute Gasteiger partial charge is 0.321 e. The number of carbonyl (C=O) groups is 2. The van der Waals surface area contributed by atoms with Crippen LogP contribution >= 0.6 is 0 Å². The zero-order valence-electron chi connectivity index (χ0n) is 18.2. The Morgan fingerprint density at radius 2 is 2.07 bits per heavy atom. The van der Waals surface area contributed by atoms with Crippen molar-refractivity contribution in [2.24, 2.45) is 0 Å². The van der Waals surface area contributed by atoms with Crippen LogP contribution < -0.4 is 10.6 Å². The molecule has 1 aliphatic rings. The Balaban J connectivity index is 1.66. The Morgan fingerprint density at radius 1 is 1.33 bits per heavy atom. The van der Waals surface area contributed by atoms with E-state index >= 15 is 0 Å². The van der Waals surface area contributed by atoms with Crippen molar-refractivity contribution in [3.63, 3.8) is 0 Å². The number of carbonyl (C=O) groups excluding carboxylic acids is 2. The summed E-state index contributed by atoms with van der Waals surface area (Å²) in [5, 5.41) is 19.8. The maximum absolute atomic E-state index is 12.3. The lowest BCUT2D eigenvalue weighted by Gasteiger charge is -2.21. The minimum atomic E-state index is -0.804. The summed E-state index contributed by atoms with van der Waals surface area (Å²) in [5.41, 5.74) is 0.483. The van der Waals surface area contributed by atoms with Gasteiger partial charge in [-0.3, -0.25) is 9.48 Å². The molecule has 0 saturated heterocycles. The van der Waals surface area contributed by atoms with E-state index in [1.807, 2.05) is 13.8 Å².